The molecule has 0 aliphatic carbocycles. The molecule has 1 N–H and O–H groups in total. The molecule has 0 amide bonds. The molecule has 3 aromatic heterocycles. The lowest BCUT2D eigenvalue weighted by molar-refractivity contribution is 0.503. The van der Waals surface area contributed by atoms with Gasteiger partial charge in [-0.15, -0.1) is 0 Å². The lowest BCUT2D eigenvalue weighted by atomic mass is 10.2. The number of rotatable bonds is 2. The third kappa shape index (κ3) is 1.84. The van der Waals surface area contributed by atoms with E-state index in [-0.39, 0.29) is 12.1 Å². The summed E-state index contributed by atoms with van der Waals surface area (Å²) < 4.78 is 7.18. The molecule has 104 valence electrons. The molecule has 4 rings (SSSR count). The molecular weight excluding hydrogens is 268 g/mol. The van der Waals surface area contributed by atoms with Gasteiger partial charge in [0, 0.05) is 6.20 Å². The summed E-state index contributed by atoms with van der Waals surface area (Å²) >= 11 is 0. The fourth-order valence-electron chi connectivity index (χ4n) is 2.43. The van der Waals surface area contributed by atoms with Crippen molar-refractivity contribution >= 4 is 22.1 Å². The molecule has 6 heteroatoms. The van der Waals surface area contributed by atoms with E-state index >= 15 is 0 Å². The number of H-pyrrole nitrogens is 1. The third-order valence-corrected chi connectivity index (χ3v) is 3.51. The molecule has 1 aromatic carbocycles. The Kier molecular flexibility index (Phi) is 2.44. The number of hydrogen-bond donors (Lipinski definition) is 1. The Labute approximate surface area is 119 Å². The molecule has 4 aromatic rings. The summed E-state index contributed by atoms with van der Waals surface area (Å²) in [7, 11) is 0. The Bertz CT molecular complexity index is 1010. The van der Waals surface area contributed by atoms with Crippen molar-refractivity contribution in [3.8, 4) is 0 Å². The minimum Gasteiger partial charge on any atom is -0.439 e. The zero-order valence-electron chi connectivity index (χ0n) is 11.3. The summed E-state index contributed by atoms with van der Waals surface area (Å²) in [6.45, 7) is 2.24. The second-order valence-electron chi connectivity index (χ2n) is 4.94. The summed E-state index contributed by atoms with van der Waals surface area (Å²) in [4.78, 5) is 23.9. The van der Waals surface area contributed by atoms with Crippen LogP contribution in [-0.2, 0) is 6.54 Å². The standard InChI is InChI=1S/C15H12N4O2/c1-9-3-2-4-11-13(9)18-12(21-11)7-19-8-17-10-5-6-16-14(10)15(19)20/h2-6,8,16H,7H2,1H3. The van der Waals surface area contributed by atoms with Crippen LogP contribution >= 0.6 is 0 Å². The van der Waals surface area contributed by atoms with E-state index in [4.69, 9.17) is 4.42 Å². The number of benzene rings is 1. The van der Waals surface area contributed by atoms with Crippen molar-refractivity contribution in [1.82, 2.24) is 19.5 Å². The molecule has 3 heterocycles. The molecule has 0 aliphatic rings. The van der Waals surface area contributed by atoms with Crippen LogP contribution in [0.1, 0.15) is 11.5 Å². The van der Waals surface area contributed by atoms with Crippen LogP contribution in [0.25, 0.3) is 22.1 Å². The van der Waals surface area contributed by atoms with E-state index in [1.54, 1.807) is 12.3 Å². The molecule has 0 aliphatic heterocycles. The van der Waals surface area contributed by atoms with Crippen LogP contribution in [0.4, 0.5) is 0 Å². The second kappa shape index (κ2) is 4.31. The zero-order valence-corrected chi connectivity index (χ0v) is 11.3. The minimum absolute atomic E-state index is 0.135. The first-order chi connectivity index (χ1) is 10.2. The smallest absolute Gasteiger partial charge is 0.278 e. The van der Waals surface area contributed by atoms with Gasteiger partial charge in [-0.1, -0.05) is 12.1 Å². The summed E-state index contributed by atoms with van der Waals surface area (Å²) in [6, 6.07) is 7.54. The van der Waals surface area contributed by atoms with Gasteiger partial charge >= 0.3 is 0 Å². The normalized spacial score (nSPS) is 11.5. The molecule has 6 nitrogen and oxygen atoms in total. The summed E-state index contributed by atoms with van der Waals surface area (Å²) in [5.74, 6) is 0.495. The molecule has 0 saturated carbocycles. The molecular formula is C15H12N4O2. The fraction of sp³-hybridized carbons (Fsp3) is 0.133. The number of aromatic amines is 1. The molecule has 0 atom stereocenters. The zero-order chi connectivity index (χ0) is 14.4. The predicted molar refractivity (Wildman–Crippen MR) is 78.2 cm³/mol. The lowest BCUT2D eigenvalue weighted by Crippen LogP contribution is -2.21. The number of oxazole rings is 1. The van der Waals surface area contributed by atoms with Crippen molar-refractivity contribution in [3.63, 3.8) is 0 Å². The Morgan fingerprint density at radius 3 is 3.10 bits per heavy atom. The summed E-state index contributed by atoms with van der Waals surface area (Å²) in [6.07, 6.45) is 3.21. The van der Waals surface area contributed by atoms with Crippen molar-refractivity contribution in [2.75, 3.05) is 0 Å². The van der Waals surface area contributed by atoms with Crippen LogP contribution < -0.4 is 5.56 Å². The maximum Gasteiger partial charge on any atom is 0.278 e. The first-order valence-corrected chi connectivity index (χ1v) is 6.60. The van der Waals surface area contributed by atoms with Crippen LogP contribution in [0.2, 0.25) is 0 Å². The summed E-state index contributed by atoms with van der Waals surface area (Å²) in [5.41, 5.74) is 3.62. The number of nitrogens with one attached hydrogen (secondary N) is 1. The maximum atomic E-state index is 12.3. The maximum absolute atomic E-state index is 12.3. The number of para-hydroxylation sites is 1. The highest BCUT2D eigenvalue weighted by molar-refractivity contribution is 5.76. The van der Waals surface area contributed by atoms with Gasteiger partial charge in [0.25, 0.3) is 5.56 Å². The topological polar surface area (TPSA) is 76.7 Å². The average Bonchev–Trinajstić information content (AvgIpc) is 3.09. The first-order valence-electron chi connectivity index (χ1n) is 6.60. The molecule has 0 saturated heterocycles. The van der Waals surface area contributed by atoms with Gasteiger partial charge in [0.2, 0.25) is 5.89 Å². The van der Waals surface area contributed by atoms with E-state index in [9.17, 15) is 4.79 Å². The van der Waals surface area contributed by atoms with Gasteiger partial charge in [-0.3, -0.25) is 9.36 Å². The fourth-order valence-corrected chi connectivity index (χ4v) is 2.43. The van der Waals surface area contributed by atoms with Crippen LogP contribution in [0, 0.1) is 6.92 Å². The Morgan fingerprint density at radius 2 is 2.24 bits per heavy atom. The first kappa shape index (κ1) is 11.9. The number of aromatic nitrogens is 4. The molecule has 0 bridgehead atoms. The van der Waals surface area contributed by atoms with E-state index in [1.807, 2.05) is 25.1 Å². The molecule has 0 spiro atoms. The molecule has 0 radical (unpaired) electrons. The highest BCUT2D eigenvalue weighted by atomic mass is 16.3. The number of hydrogen-bond acceptors (Lipinski definition) is 4. The minimum atomic E-state index is -0.135. The quantitative estimate of drug-likeness (QED) is 0.611. The van der Waals surface area contributed by atoms with E-state index in [2.05, 4.69) is 15.0 Å². The Hall–Kier alpha value is -2.89. The van der Waals surface area contributed by atoms with Gasteiger partial charge in [0.05, 0.1) is 11.8 Å². The van der Waals surface area contributed by atoms with Crippen LogP contribution in [0.3, 0.4) is 0 Å². The van der Waals surface area contributed by atoms with Crippen LogP contribution in [-0.4, -0.2) is 19.5 Å². The van der Waals surface area contributed by atoms with Gasteiger partial charge in [0.15, 0.2) is 5.58 Å². The highest BCUT2D eigenvalue weighted by Gasteiger charge is 2.10. The third-order valence-electron chi connectivity index (χ3n) is 3.51. The predicted octanol–water partition coefficient (Wildman–Crippen LogP) is 2.22. The summed E-state index contributed by atoms with van der Waals surface area (Å²) in [5, 5.41) is 0. The monoisotopic (exact) mass is 280 g/mol. The van der Waals surface area contributed by atoms with Gasteiger partial charge in [0.1, 0.15) is 17.6 Å². The largest absolute Gasteiger partial charge is 0.439 e. The van der Waals surface area contributed by atoms with Crippen molar-refractivity contribution < 1.29 is 4.42 Å². The van der Waals surface area contributed by atoms with Crippen molar-refractivity contribution in [3.05, 3.63) is 58.6 Å². The average molecular weight is 280 g/mol. The molecule has 0 fully saturated rings. The number of nitrogens with zero attached hydrogens (tertiary/aromatic N) is 3. The van der Waals surface area contributed by atoms with E-state index in [0.29, 0.717) is 16.9 Å². The lowest BCUT2D eigenvalue weighted by Gasteiger charge is -2.01. The van der Waals surface area contributed by atoms with Gasteiger partial charge < -0.3 is 9.40 Å². The Morgan fingerprint density at radius 1 is 1.33 bits per heavy atom. The van der Waals surface area contributed by atoms with Crippen LogP contribution in [0.5, 0.6) is 0 Å². The van der Waals surface area contributed by atoms with Crippen LogP contribution in [0.15, 0.2) is 46.0 Å². The van der Waals surface area contributed by atoms with Gasteiger partial charge in [-0.05, 0) is 24.6 Å². The van der Waals surface area contributed by atoms with Gasteiger partial charge in [-0.25, -0.2) is 9.97 Å². The van der Waals surface area contributed by atoms with E-state index < -0.39 is 0 Å². The molecule has 21 heavy (non-hydrogen) atoms. The van der Waals surface area contributed by atoms with Crippen molar-refractivity contribution in [2.45, 2.75) is 13.5 Å². The van der Waals surface area contributed by atoms with E-state index in [1.165, 1.54) is 10.9 Å². The van der Waals surface area contributed by atoms with Crippen molar-refractivity contribution in [2.24, 2.45) is 0 Å². The Balaban J connectivity index is 1.80. The molecule has 0 unspecified atom stereocenters. The van der Waals surface area contributed by atoms with Gasteiger partial charge in [-0.2, -0.15) is 0 Å². The SMILES string of the molecule is Cc1cccc2oc(Cn3cnc4cc[nH]c4c3=O)nc12. The number of fused-ring (bicyclic) bond motifs is 2. The second-order valence-corrected chi connectivity index (χ2v) is 4.94. The number of aryl methyl sites for hydroxylation is 1. The van der Waals surface area contributed by atoms with Crippen molar-refractivity contribution in [1.29, 1.82) is 0 Å². The highest BCUT2D eigenvalue weighted by Crippen LogP contribution is 2.19. The van der Waals surface area contributed by atoms with E-state index in [0.717, 1.165) is 16.7 Å².